The van der Waals surface area contributed by atoms with Gasteiger partial charge in [-0.25, -0.2) is 0 Å². The van der Waals surface area contributed by atoms with Crippen molar-refractivity contribution in [3.63, 3.8) is 0 Å². The van der Waals surface area contributed by atoms with Crippen LogP contribution in [0.5, 0.6) is 0 Å². The van der Waals surface area contributed by atoms with E-state index in [0.29, 0.717) is 6.61 Å². The first-order valence-corrected chi connectivity index (χ1v) is 13.1. The Morgan fingerprint density at radius 1 is 0.594 bits per heavy atom. The minimum absolute atomic E-state index is 0. The van der Waals surface area contributed by atoms with Crippen molar-refractivity contribution in [2.45, 2.75) is 116 Å². The summed E-state index contributed by atoms with van der Waals surface area (Å²) in [5.41, 5.74) is 0. The van der Waals surface area contributed by atoms with Gasteiger partial charge in [-0.15, -0.1) is 0 Å². The Hall–Kier alpha value is -0.0410. The molecule has 4 rings (SSSR count). The van der Waals surface area contributed by atoms with Crippen molar-refractivity contribution in [3.8, 4) is 0 Å². The Balaban J connectivity index is 0. The van der Waals surface area contributed by atoms with Crippen LogP contribution in [0.15, 0.2) is 48.6 Å². The predicted molar refractivity (Wildman–Crippen MR) is 135 cm³/mol. The molecule has 0 saturated heterocycles. The number of hydrogen-bond donors (Lipinski definition) is 1. The molecule has 4 aliphatic rings. The Labute approximate surface area is 221 Å². The van der Waals surface area contributed by atoms with Crippen LogP contribution in [0.25, 0.3) is 0 Å². The van der Waals surface area contributed by atoms with E-state index in [1.54, 1.807) is 0 Å². The molecule has 0 aliphatic heterocycles. The average molecular weight is 526 g/mol. The van der Waals surface area contributed by atoms with Gasteiger partial charge in [0.1, 0.15) is 0 Å². The fourth-order valence-electron chi connectivity index (χ4n) is 4.22. The second-order valence-corrected chi connectivity index (χ2v) is 9.05. The van der Waals surface area contributed by atoms with Gasteiger partial charge in [-0.3, -0.25) is 0 Å². The maximum atomic E-state index is 8.52. The molecule has 1 nitrogen and oxygen atoms in total. The second kappa shape index (κ2) is 27.2. The van der Waals surface area contributed by atoms with Gasteiger partial charge in [0.15, 0.2) is 0 Å². The smallest absolute Gasteiger partial charge is 0.0431 e. The van der Waals surface area contributed by atoms with E-state index < -0.39 is 0 Å². The minimum Gasteiger partial charge on any atom is -0.396 e. The predicted octanol–water partition coefficient (Wildman–Crippen LogP) is 9.10. The van der Waals surface area contributed by atoms with Crippen molar-refractivity contribution in [1.82, 2.24) is 0 Å². The normalized spacial score (nSPS) is 21.4. The van der Waals surface area contributed by atoms with Crippen LogP contribution >= 0.6 is 0 Å². The fraction of sp³-hybridized carbons (Fsp3) is 0.724. The van der Waals surface area contributed by atoms with E-state index in [9.17, 15) is 0 Å². The topological polar surface area (TPSA) is 20.2 Å². The van der Waals surface area contributed by atoms with E-state index in [1.165, 1.54) is 103 Å². The SMILES string of the molecule is C1=CCCC1.C1=CCCC1.CCCCC[C@@H]1C=CCC1.OCCCC[C@@H]1C=CCC1.[Fe].[Fe]. The summed E-state index contributed by atoms with van der Waals surface area (Å²) in [4.78, 5) is 0. The minimum atomic E-state index is 0. The van der Waals surface area contributed by atoms with E-state index in [4.69, 9.17) is 5.11 Å². The number of rotatable bonds is 8. The van der Waals surface area contributed by atoms with Crippen molar-refractivity contribution in [2.24, 2.45) is 11.8 Å². The monoisotopic (exact) mass is 526 g/mol. The molecule has 0 unspecified atom stereocenters. The Morgan fingerprint density at radius 3 is 1.31 bits per heavy atom. The summed E-state index contributed by atoms with van der Waals surface area (Å²) in [5.74, 6) is 1.76. The zero-order chi connectivity index (χ0) is 21.5. The van der Waals surface area contributed by atoms with Gasteiger partial charge in [-0.1, -0.05) is 81.2 Å². The van der Waals surface area contributed by atoms with Crippen LogP contribution in [0.2, 0.25) is 0 Å². The van der Waals surface area contributed by atoms with Crippen molar-refractivity contribution in [1.29, 1.82) is 0 Å². The molecule has 0 radical (unpaired) electrons. The van der Waals surface area contributed by atoms with Crippen LogP contribution < -0.4 is 0 Å². The second-order valence-electron chi connectivity index (χ2n) is 9.05. The summed E-state index contributed by atoms with van der Waals surface area (Å²) in [6, 6.07) is 0. The molecule has 0 amide bonds. The van der Waals surface area contributed by atoms with Crippen LogP contribution in [-0.2, 0) is 34.1 Å². The number of allylic oxidation sites excluding steroid dienone is 8. The van der Waals surface area contributed by atoms with Gasteiger partial charge >= 0.3 is 0 Å². The Kier molecular flexibility index (Phi) is 29.0. The van der Waals surface area contributed by atoms with E-state index >= 15 is 0 Å². The third-order valence-corrected chi connectivity index (χ3v) is 6.20. The van der Waals surface area contributed by atoms with Crippen LogP contribution in [0.1, 0.15) is 116 Å². The largest absolute Gasteiger partial charge is 0.396 e. The molecule has 0 aromatic carbocycles. The molecule has 188 valence electrons. The first kappa shape index (κ1) is 34.1. The summed E-state index contributed by atoms with van der Waals surface area (Å²) in [6.45, 7) is 2.63. The molecule has 32 heavy (non-hydrogen) atoms. The Morgan fingerprint density at radius 2 is 1.03 bits per heavy atom. The van der Waals surface area contributed by atoms with E-state index in [-0.39, 0.29) is 34.1 Å². The standard InChI is InChI=1S/C10H18.C9H16O.2C5H8.2Fe/c1-2-3-4-7-10-8-5-6-9-10;10-8-4-3-7-9-5-1-2-6-9;2*1-2-4-5-3-1;;/h5,8,10H,2-4,6-7,9H2,1H3;1,5,9-10H,2-4,6-8H2;2*1-2H,3-5H2;;/t10-;9-;;;;/m11..../s1. The third-order valence-electron chi connectivity index (χ3n) is 6.20. The van der Waals surface area contributed by atoms with Crippen molar-refractivity contribution < 1.29 is 39.2 Å². The molecule has 1 N–H and O–H groups in total. The van der Waals surface area contributed by atoms with E-state index in [0.717, 1.165) is 18.3 Å². The summed E-state index contributed by atoms with van der Waals surface area (Å²) < 4.78 is 0. The summed E-state index contributed by atoms with van der Waals surface area (Å²) in [6.07, 6.45) is 40.8. The van der Waals surface area contributed by atoms with Gasteiger partial charge in [-0.2, -0.15) is 0 Å². The molecule has 0 fully saturated rings. The molecule has 3 heteroatoms. The zero-order valence-electron chi connectivity index (χ0n) is 20.7. The first-order chi connectivity index (χ1) is 14.9. The van der Waals surface area contributed by atoms with Crippen LogP contribution in [0, 0.1) is 11.8 Å². The van der Waals surface area contributed by atoms with E-state index in [1.807, 2.05) is 0 Å². The van der Waals surface area contributed by atoms with E-state index in [2.05, 4.69) is 55.5 Å². The van der Waals surface area contributed by atoms with Gasteiger partial charge in [0.05, 0.1) is 0 Å². The van der Waals surface area contributed by atoms with Crippen LogP contribution in [-0.4, -0.2) is 11.7 Å². The molecule has 0 aromatic rings. The van der Waals surface area contributed by atoms with Crippen molar-refractivity contribution in [2.75, 3.05) is 6.61 Å². The molecule has 2 atom stereocenters. The molecule has 0 bridgehead atoms. The molecular weight excluding hydrogens is 476 g/mol. The number of hydrogen-bond acceptors (Lipinski definition) is 1. The first-order valence-electron chi connectivity index (χ1n) is 13.1. The zero-order valence-corrected chi connectivity index (χ0v) is 22.9. The quantitative estimate of drug-likeness (QED) is 0.190. The van der Waals surface area contributed by atoms with Gasteiger partial charge < -0.3 is 5.11 Å². The van der Waals surface area contributed by atoms with Crippen LogP contribution in [0.3, 0.4) is 0 Å². The van der Waals surface area contributed by atoms with Gasteiger partial charge in [-0.05, 0) is 95.3 Å². The van der Waals surface area contributed by atoms with Gasteiger partial charge in [0, 0.05) is 40.7 Å². The molecule has 0 saturated carbocycles. The van der Waals surface area contributed by atoms with Gasteiger partial charge in [0.2, 0.25) is 0 Å². The molecular formula is C29H50Fe2O. The number of aliphatic hydroxyl groups is 1. The number of unbranched alkanes of at least 4 members (excludes halogenated alkanes) is 3. The molecule has 0 aromatic heterocycles. The molecule has 4 aliphatic carbocycles. The average Bonchev–Trinajstić information content (AvgIpc) is 3.59. The van der Waals surface area contributed by atoms with Gasteiger partial charge in [0.25, 0.3) is 0 Å². The summed E-state index contributed by atoms with van der Waals surface area (Å²) in [5, 5.41) is 8.52. The van der Waals surface area contributed by atoms with Crippen molar-refractivity contribution in [3.05, 3.63) is 48.6 Å². The fourth-order valence-corrected chi connectivity index (χ4v) is 4.22. The van der Waals surface area contributed by atoms with Crippen LogP contribution in [0.4, 0.5) is 0 Å². The summed E-state index contributed by atoms with van der Waals surface area (Å²) in [7, 11) is 0. The molecule has 0 spiro atoms. The maximum absolute atomic E-state index is 8.52. The third kappa shape index (κ3) is 21.8. The Bertz CT molecular complexity index is 426. The molecule has 0 heterocycles. The number of aliphatic hydroxyl groups excluding tert-OH is 1. The maximum Gasteiger partial charge on any atom is 0.0431 e. The van der Waals surface area contributed by atoms with Crippen molar-refractivity contribution >= 4 is 0 Å². The summed E-state index contributed by atoms with van der Waals surface area (Å²) >= 11 is 0.